The Hall–Kier alpha value is -2.11. The van der Waals surface area contributed by atoms with Gasteiger partial charge in [0.15, 0.2) is 0 Å². The second kappa shape index (κ2) is 11.3. The predicted molar refractivity (Wildman–Crippen MR) is 123 cm³/mol. The molecule has 1 atom stereocenters. The Bertz CT molecular complexity index is 787. The fourth-order valence-electron chi connectivity index (χ4n) is 3.31. The number of ether oxygens (including phenoxy) is 1. The molecule has 2 aromatic carbocycles. The number of anilines is 1. The number of aliphatic hydroxyl groups is 1. The van der Waals surface area contributed by atoms with Gasteiger partial charge in [-0.1, -0.05) is 24.6 Å². The maximum atomic E-state index is 13.8. The zero-order valence-corrected chi connectivity index (χ0v) is 19.0. The van der Waals surface area contributed by atoms with Crippen molar-refractivity contribution in [2.75, 3.05) is 32.1 Å². The van der Waals surface area contributed by atoms with Gasteiger partial charge in [-0.3, -0.25) is 0 Å². The summed E-state index contributed by atoms with van der Waals surface area (Å²) in [5.41, 5.74) is 2.33. The van der Waals surface area contributed by atoms with Crippen LogP contribution in [0.2, 0.25) is 0 Å². The average Bonchev–Trinajstić information content (AvgIpc) is 2.66. The van der Waals surface area contributed by atoms with Gasteiger partial charge in [0.2, 0.25) is 0 Å². The molecule has 0 saturated carbocycles. The van der Waals surface area contributed by atoms with Crippen molar-refractivity contribution in [2.45, 2.75) is 58.2 Å². The molecule has 5 heteroatoms. The summed E-state index contributed by atoms with van der Waals surface area (Å²) in [6, 6.07) is 13.1. The number of aliphatic hydroxyl groups excluding tert-OH is 1. The van der Waals surface area contributed by atoms with Crippen molar-refractivity contribution in [3.05, 3.63) is 59.4 Å². The van der Waals surface area contributed by atoms with E-state index in [-0.39, 0.29) is 11.4 Å². The lowest BCUT2D eigenvalue weighted by molar-refractivity contribution is 0.131. The van der Waals surface area contributed by atoms with E-state index < -0.39 is 6.10 Å². The van der Waals surface area contributed by atoms with Gasteiger partial charge in [-0.25, -0.2) is 4.39 Å². The lowest BCUT2D eigenvalue weighted by Crippen LogP contribution is -2.23. The normalized spacial score (nSPS) is 12.6. The summed E-state index contributed by atoms with van der Waals surface area (Å²) in [6.07, 6.45) is 3.68. The lowest BCUT2D eigenvalue weighted by atomic mass is 10.1. The molecule has 0 aromatic heterocycles. The number of rotatable bonds is 11. The van der Waals surface area contributed by atoms with Crippen molar-refractivity contribution < 1.29 is 14.2 Å². The van der Waals surface area contributed by atoms with Crippen molar-refractivity contribution in [1.29, 1.82) is 0 Å². The zero-order chi connectivity index (χ0) is 22.1. The Labute approximate surface area is 181 Å². The fourth-order valence-corrected chi connectivity index (χ4v) is 3.31. The zero-order valence-electron chi connectivity index (χ0n) is 19.0. The molecule has 166 valence electrons. The number of benzene rings is 2. The van der Waals surface area contributed by atoms with E-state index in [2.05, 4.69) is 44.3 Å². The highest BCUT2D eigenvalue weighted by molar-refractivity contribution is 5.49. The highest BCUT2D eigenvalue weighted by atomic mass is 19.1. The Balaban J connectivity index is 1.66. The topological polar surface area (TPSA) is 44.7 Å². The van der Waals surface area contributed by atoms with Crippen LogP contribution in [0.5, 0.6) is 5.75 Å². The van der Waals surface area contributed by atoms with Crippen LogP contribution in [0.15, 0.2) is 42.5 Å². The Morgan fingerprint density at radius 1 is 1.07 bits per heavy atom. The standard InChI is InChI=1S/C25H37FN2O2/c1-25(2,3)30-21-12-9-11-19(16-21)10-7-6-8-15-27-18-24(29)20-13-14-22(26)23(17-20)28(4)5/h9,11-14,16-17,24,27,29H,6-8,10,15,18H2,1-5H3. The number of halogens is 1. The predicted octanol–water partition coefficient (Wildman–Crippen LogP) is 5.11. The molecule has 0 saturated heterocycles. The number of aryl methyl sites for hydroxylation is 1. The second-order valence-corrected chi connectivity index (χ2v) is 9.00. The second-order valence-electron chi connectivity index (χ2n) is 9.00. The maximum Gasteiger partial charge on any atom is 0.146 e. The molecule has 0 radical (unpaired) electrons. The van der Waals surface area contributed by atoms with Gasteiger partial charge >= 0.3 is 0 Å². The molecule has 4 nitrogen and oxygen atoms in total. The minimum atomic E-state index is -0.644. The first-order valence-electron chi connectivity index (χ1n) is 10.8. The molecule has 2 rings (SSSR count). The van der Waals surface area contributed by atoms with E-state index in [0.717, 1.165) is 43.5 Å². The number of hydrogen-bond acceptors (Lipinski definition) is 4. The third-order valence-corrected chi connectivity index (χ3v) is 4.82. The summed E-state index contributed by atoms with van der Waals surface area (Å²) in [5, 5.41) is 13.7. The summed E-state index contributed by atoms with van der Waals surface area (Å²) in [7, 11) is 3.58. The van der Waals surface area contributed by atoms with Crippen molar-refractivity contribution in [3.63, 3.8) is 0 Å². The van der Waals surface area contributed by atoms with Crippen LogP contribution in [-0.4, -0.2) is 37.9 Å². The average molecular weight is 417 g/mol. The first-order valence-corrected chi connectivity index (χ1v) is 10.8. The Morgan fingerprint density at radius 3 is 2.53 bits per heavy atom. The third-order valence-electron chi connectivity index (χ3n) is 4.82. The van der Waals surface area contributed by atoms with E-state index in [9.17, 15) is 9.50 Å². The molecule has 30 heavy (non-hydrogen) atoms. The van der Waals surface area contributed by atoms with Gasteiger partial charge in [-0.05, 0) is 82.0 Å². The van der Waals surface area contributed by atoms with Crippen molar-refractivity contribution in [1.82, 2.24) is 5.32 Å². The minimum absolute atomic E-state index is 0.184. The highest BCUT2D eigenvalue weighted by Crippen LogP contribution is 2.23. The lowest BCUT2D eigenvalue weighted by Gasteiger charge is -2.21. The van der Waals surface area contributed by atoms with E-state index >= 15 is 0 Å². The minimum Gasteiger partial charge on any atom is -0.488 e. The molecule has 0 aliphatic rings. The monoisotopic (exact) mass is 416 g/mol. The fraction of sp³-hybridized carbons (Fsp3) is 0.520. The number of nitrogens with one attached hydrogen (secondary N) is 1. The smallest absolute Gasteiger partial charge is 0.146 e. The summed E-state index contributed by atoms with van der Waals surface area (Å²) in [6.45, 7) is 7.49. The van der Waals surface area contributed by atoms with Crippen molar-refractivity contribution in [3.8, 4) is 5.75 Å². The molecular weight excluding hydrogens is 379 g/mol. The molecule has 1 unspecified atom stereocenters. The summed E-state index contributed by atoms with van der Waals surface area (Å²) in [5.74, 6) is 0.647. The maximum absolute atomic E-state index is 13.8. The Morgan fingerprint density at radius 2 is 1.83 bits per heavy atom. The van der Waals surface area contributed by atoms with Gasteiger partial charge in [-0.15, -0.1) is 0 Å². The van der Waals surface area contributed by atoms with Gasteiger partial charge in [0, 0.05) is 20.6 Å². The van der Waals surface area contributed by atoms with E-state index in [1.54, 1.807) is 31.1 Å². The van der Waals surface area contributed by atoms with E-state index in [0.29, 0.717) is 12.2 Å². The molecular formula is C25H37FN2O2. The summed E-state index contributed by atoms with van der Waals surface area (Å²) in [4.78, 5) is 1.71. The number of unbranched alkanes of at least 4 members (excludes halogenated alkanes) is 2. The van der Waals surface area contributed by atoms with Crippen LogP contribution >= 0.6 is 0 Å². The number of nitrogens with zero attached hydrogens (tertiary/aromatic N) is 1. The van der Waals surface area contributed by atoms with Crippen LogP contribution in [0.1, 0.15) is 57.3 Å². The molecule has 0 aliphatic heterocycles. The molecule has 0 aliphatic carbocycles. The van der Waals surface area contributed by atoms with Gasteiger partial charge in [0.05, 0.1) is 11.8 Å². The first-order chi connectivity index (χ1) is 14.2. The summed E-state index contributed by atoms with van der Waals surface area (Å²) >= 11 is 0. The molecule has 0 amide bonds. The van der Waals surface area contributed by atoms with E-state index in [1.807, 2.05) is 6.07 Å². The Kier molecular flexibility index (Phi) is 9.12. The van der Waals surface area contributed by atoms with Crippen molar-refractivity contribution >= 4 is 5.69 Å². The van der Waals surface area contributed by atoms with Crippen molar-refractivity contribution in [2.24, 2.45) is 0 Å². The SMILES string of the molecule is CN(C)c1cc(C(O)CNCCCCCc2cccc(OC(C)(C)C)c2)ccc1F. The van der Waals surface area contributed by atoms with E-state index in [4.69, 9.17) is 4.74 Å². The summed E-state index contributed by atoms with van der Waals surface area (Å²) < 4.78 is 19.7. The van der Waals surface area contributed by atoms with Crippen LogP contribution < -0.4 is 15.0 Å². The van der Waals surface area contributed by atoms with Crippen LogP contribution in [0.3, 0.4) is 0 Å². The largest absolute Gasteiger partial charge is 0.488 e. The van der Waals surface area contributed by atoms with Crippen LogP contribution in [0, 0.1) is 5.82 Å². The van der Waals surface area contributed by atoms with Crippen LogP contribution in [-0.2, 0) is 6.42 Å². The van der Waals surface area contributed by atoms with Crippen LogP contribution in [0.25, 0.3) is 0 Å². The molecule has 2 aromatic rings. The quantitative estimate of drug-likeness (QED) is 0.500. The highest BCUT2D eigenvalue weighted by Gasteiger charge is 2.12. The first kappa shape index (κ1) is 24.2. The number of hydrogen-bond donors (Lipinski definition) is 2. The van der Waals surface area contributed by atoms with Gasteiger partial charge in [-0.2, -0.15) is 0 Å². The molecule has 0 heterocycles. The van der Waals surface area contributed by atoms with Gasteiger partial charge in [0.1, 0.15) is 17.2 Å². The molecule has 0 bridgehead atoms. The molecule has 0 fully saturated rings. The molecule has 0 spiro atoms. The van der Waals surface area contributed by atoms with Crippen LogP contribution in [0.4, 0.5) is 10.1 Å². The third kappa shape index (κ3) is 8.33. The van der Waals surface area contributed by atoms with Gasteiger partial charge in [0.25, 0.3) is 0 Å². The molecule has 2 N–H and O–H groups in total. The van der Waals surface area contributed by atoms with Gasteiger partial charge < -0.3 is 20.1 Å². The van der Waals surface area contributed by atoms with E-state index in [1.165, 1.54) is 11.6 Å².